The van der Waals surface area contributed by atoms with Crippen LogP contribution < -0.4 is 5.32 Å². The van der Waals surface area contributed by atoms with E-state index in [0.717, 1.165) is 32.8 Å². The molecule has 3 nitrogen and oxygen atoms in total. The quantitative estimate of drug-likeness (QED) is 0.698. The van der Waals surface area contributed by atoms with E-state index in [4.69, 9.17) is 4.74 Å². The summed E-state index contributed by atoms with van der Waals surface area (Å²) in [7, 11) is 4.13. The molecule has 0 aliphatic carbocycles. The molecule has 0 fully saturated rings. The van der Waals surface area contributed by atoms with Gasteiger partial charge in [-0.05, 0) is 45.6 Å². The number of hydrogen-bond acceptors (Lipinski definition) is 4. The molecule has 1 aromatic heterocycles. The molecule has 18 heavy (non-hydrogen) atoms. The predicted octanol–water partition coefficient (Wildman–Crippen LogP) is 2.63. The Morgan fingerprint density at radius 3 is 2.83 bits per heavy atom. The van der Waals surface area contributed by atoms with Crippen molar-refractivity contribution < 1.29 is 4.74 Å². The molecule has 1 N–H and O–H groups in total. The average molecular weight is 270 g/mol. The van der Waals surface area contributed by atoms with E-state index >= 15 is 0 Å². The van der Waals surface area contributed by atoms with Crippen LogP contribution in [0, 0.1) is 6.92 Å². The highest BCUT2D eigenvalue weighted by atomic mass is 32.1. The van der Waals surface area contributed by atoms with Crippen LogP contribution in [0.2, 0.25) is 0 Å². The molecule has 0 radical (unpaired) electrons. The summed E-state index contributed by atoms with van der Waals surface area (Å²) in [5, 5.41) is 3.44. The van der Waals surface area contributed by atoms with Gasteiger partial charge in [0.1, 0.15) is 0 Å². The average Bonchev–Trinajstić information content (AvgIpc) is 2.66. The molecule has 0 aliphatic rings. The van der Waals surface area contributed by atoms with Crippen LogP contribution in [0.5, 0.6) is 0 Å². The molecule has 0 spiro atoms. The lowest BCUT2D eigenvalue weighted by atomic mass is 10.2. The normalized spacial score (nSPS) is 11.4. The molecule has 0 unspecified atom stereocenters. The maximum absolute atomic E-state index is 5.69. The summed E-state index contributed by atoms with van der Waals surface area (Å²) in [4.78, 5) is 4.93. The van der Waals surface area contributed by atoms with Gasteiger partial charge >= 0.3 is 0 Å². The van der Waals surface area contributed by atoms with Crippen molar-refractivity contribution in [2.45, 2.75) is 33.4 Å². The largest absolute Gasteiger partial charge is 0.375 e. The maximum Gasteiger partial charge on any atom is 0.0728 e. The number of thiophene rings is 1. The van der Waals surface area contributed by atoms with Gasteiger partial charge in [-0.2, -0.15) is 0 Å². The molecule has 0 aliphatic heterocycles. The lowest BCUT2D eigenvalue weighted by Crippen LogP contribution is -2.17. The number of aryl methyl sites for hydroxylation is 1. The van der Waals surface area contributed by atoms with Crippen molar-refractivity contribution in [3.63, 3.8) is 0 Å². The summed E-state index contributed by atoms with van der Waals surface area (Å²) in [5.41, 5.74) is 1.34. The minimum atomic E-state index is 0.740. The number of nitrogens with zero attached hydrogens (tertiary/aromatic N) is 1. The molecule has 0 amide bonds. The summed E-state index contributed by atoms with van der Waals surface area (Å²) in [6.07, 6.45) is 1.19. The molecule has 4 heteroatoms. The predicted molar refractivity (Wildman–Crippen MR) is 79.3 cm³/mol. The third-order valence-electron chi connectivity index (χ3n) is 2.74. The summed E-state index contributed by atoms with van der Waals surface area (Å²) >= 11 is 1.88. The minimum Gasteiger partial charge on any atom is -0.375 e. The minimum absolute atomic E-state index is 0.740. The fourth-order valence-corrected chi connectivity index (χ4v) is 2.65. The fraction of sp³-hybridized carbons (Fsp3) is 0.714. The van der Waals surface area contributed by atoms with Crippen LogP contribution in [-0.4, -0.2) is 38.7 Å². The van der Waals surface area contributed by atoms with Crippen LogP contribution >= 0.6 is 11.3 Å². The van der Waals surface area contributed by atoms with Crippen LogP contribution in [0.15, 0.2) is 6.07 Å². The maximum atomic E-state index is 5.69. The summed E-state index contributed by atoms with van der Waals surface area (Å²) in [6.45, 7) is 8.96. The molecule has 1 heterocycles. The molecular weight excluding hydrogens is 244 g/mol. The Kier molecular flexibility index (Phi) is 7.51. The summed E-state index contributed by atoms with van der Waals surface area (Å²) < 4.78 is 5.69. The number of hydrogen-bond donors (Lipinski definition) is 1. The Labute approximate surface area is 115 Å². The SMILES string of the molecule is CCCNCc1cc(COCCN(C)C)c(C)s1. The smallest absolute Gasteiger partial charge is 0.0728 e. The van der Waals surface area contributed by atoms with Crippen molar-refractivity contribution in [3.8, 4) is 0 Å². The molecule has 1 aromatic rings. The lowest BCUT2D eigenvalue weighted by Gasteiger charge is -2.09. The van der Waals surface area contributed by atoms with Crippen LogP contribution in [-0.2, 0) is 17.9 Å². The highest BCUT2D eigenvalue weighted by Crippen LogP contribution is 2.22. The van der Waals surface area contributed by atoms with Crippen molar-refractivity contribution in [1.82, 2.24) is 10.2 Å². The van der Waals surface area contributed by atoms with E-state index in [1.165, 1.54) is 21.7 Å². The van der Waals surface area contributed by atoms with Crippen molar-refractivity contribution >= 4 is 11.3 Å². The Balaban J connectivity index is 2.32. The third kappa shape index (κ3) is 5.96. The van der Waals surface area contributed by atoms with E-state index in [0.29, 0.717) is 0 Å². The van der Waals surface area contributed by atoms with E-state index in [-0.39, 0.29) is 0 Å². The summed E-state index contributed by atoms with van der Waals surface area (Å²) in [5.74, 6) is 0. The van der Waals surface area contributed by atoms with Gasteiger partial charge in [0.15, 0.2) is 0 Å². The van der Waals surface area contributed by atoms with Crippen molar-refractivity contribution in [2.75, 3.05) is 33.8 Å². The van der Waals surface area contributed by atoms with Gasteiger partial charge in [-0.3, -0.25) is 0 Å². The Hall–Kier alpha value is -0.420. The Morgan fingerprint density at radius 2 is 2.17 bits per heavy atom. The van der Waals surface area contributed by atoms with Crippen molar-refractivity contribution in [3.05, 3.63) is 21.4 Å². The molecule has 0 saturated heterocycles. The second kappa shape index (κ2) is 8.64. The van der Waals surface area contributed by atoms with Gasteiger partial charge in [-0.1, -0.05) is 6.92 Å². The van der Waals surface area contributed by atoms with Crippen LogP contribution in [0.1, 0.15) is 28.7 Å². The first-order valence-corrected chi connectivity index (χ1v) is 7.46. The first kappa shape index (κ1) is 15.6. The molecule has 1 rings (SSSR count). The van der Waals surface area contributed by atoms with E-state index in [9.17, 15) is 0 Å². The molecule has 0 aromatic carbocycles. The number of rotatable bonds is 9. The lowest BCUT2D eigenvalue weighted by molar-refractivity contribution is 0.105. The van der Waals surface area contributed by atoms with E-state index in [1.54, 1.807) is 0 Å². The Morgan fingerprint density at radius 1 is 1.39 bits per heavy atom. The third-order valence-corrected chi connectivity index (χ3v) is 3.83. The first-order chi connectivity index (χ1) is 8.63. The zero-order valence-electron chi connectivity index (χ0n) is 12.1. The first-order valence-electron chi connectivity index (χ1n) is 6.64. The van der Waals surface area contributed by atoms with Gasteiger partial charge in [0.05, 0.1) is 13.2 Å². The van der Waals surface area contributed by atoms with E-state index < -0.39 is 0 Å². The molecular formula is C14H26N2OS. The zero-order valence-corrected chi connectivity index (χ0v) is 12.9. The van der Waals surface area contributed by atoms with Crippen molar-refractivity contribution in [1.29, 1.82) is 0 Å². The molecule has 0 atom stereocenters. The van der Waals surface area contributed by atoms with Crippen LogP contribution in [0.25, 0.3) is 0 Å². The fourth-order valence-electron chi connectivity index (χ4n) is 1.64. The molecule has 0 saturated carbocycles. The van der Waals surface area contributed by atoms with Gasteiger partial charge in [-0.25, -0.2) is 0 Å². The van der Waals surface area contributed by atoms with Gasteiger partial charge in [-0.15, -0.1) is 11.3 Å². The van der Waals surface area contributed by atoms with Gasteiger partial charge in [0.25, 0.3) is 0 Å². The monoisotopic (exact) mass is 270 g/mol. The summed E-state index contributed by atoms with van der Waals surface area (Å²) in [6, 6.07) is 2.28. The van der Waals surface area contributed by atoms with Crippen molar-refractivity contribution in [2.24, 2.45) is 0 Å². The highest BCUT2D eigenvalue weighted by molar-refractivity contribution is 7.12. The molecule has 0 bridgehead atoms. The highest BCUT2D eigenvalue weighted by Gasteiger charge is 2.05. The number of nitrogens with one attached hydrogen (secondary N) is 1. The zero-order chi connectivity index (χ0) is 13.4. The second-order valence-electron chi connectivity index (χ2n) is 4.83. The standard InChI is InChI=1S/C14H26N2OS/c1-5-6-15-10-14-9-13(12(2)18-14)11-17-8-7-16(3)4/h9,15H,5-8,10-11H2,1-4H3. The Bertz CT molecular complexity index is 337. The topological polar surface area (TPSA) is 24.5 Å². The molecule has 104 valence electrons. The van der Waals surface area contributed by atoms with Crippen LogP contribution in [0.4, 0.5) is 0 Å². The van der Waals surface area contributed by atoms with Gasteiger partial charge in [0.2, 0.25) is 0 Å². The van der Waals surface area contributed by atoms with E-state index in [1.807, 2.05) is 11.3 Å². The van der Waals surface area contributed by atoms with E-state index in [2.05, 4.69) is 44.2 Å². The second-order valence-corrected chi connectivity index (χ2v) is 6.17. The number of likely N-dealkylation sites (N-methyl/N-ethyl adjacent to an activating group) is 1. The van der Waals surface area contributed by atoms with Crippen LogP contribution in [0.3, 0.4) is 0 Å². The van der Waals surface area contributed by atoms with Gasteiger partial charge in [0, 0.05) is 22.8 Å². The number of ether oxygens (including phenoxy) is 1. The van der Waals surface area contributed by atoms with Gasteiger partial charge < -0.3 is 15.0 Å².